The summed E-state index contributed by atoms with van der Waals surface area (Å²) in [6.45, 7) is 5.79. The highest BCUT2D eigenvalue weighted by molar-refractivity contribution is 6.11. The Kier molecular flexibility index (Phi) is 5.80. The van der Waals surface area contributed by atoms with Crippen molar-refractivity contribution in [2.24, 2.45) is 0 Å². The van der Waals surface area contributed by atoms with Gasteiger partial charge in [0.05, 0.1) is 13.7 Å². The van der Waals surface area contributed by atoms with Gasteiger partial charge in [-0.2, -0.15) is 0 Å². The quantitative estimate of drug-likeness (QED) is 0.443. The van der Waals surface area contributed by atoms with E-state index in [0.717, 1.165) is 21.9 Å². The zero-order chi connectivity index (χ0) is 23.8. The van der Waals surface area contributed by atoms with Gasteiger partial charge < -0.3 is 14.6 Å². The fourth-order valence-electron chi connectivity index (χ4n) is 4.29. The monoisotopic (exact) mass is 445 g/mol. The highest BCUT2D eigenvalue weighted by atomic mass is 16.5. The fourth-order valence-corrected chi connectivity index (χ4v) is 4.29. The van der Waals surface area contributed by atoms with Crippen LogP contribution in [0.25, 0.3) is 0 Å². The van der Waals surface area contributed by atoms with E-state index in [0.29, 0.717) is 23.4 Å². The Labute approximate surface area is 193 Å². The highest BCUT2D eigenvalue weighted by Crippen LogP contribution is 2.31. The Morgan fingerprint density at radius 1 is 1.03 bits per heavy atom. The van der Waals surface area contributed by atoms with Gasteiger partial charge in [0.25, 0.3) is 5.91 Å². The molecule has 0 unspecified atom stereocenters. The lowest BCUT2D eigenvalue weighted by Gasteiger charge is -2.22. The maximum atomic E-state index is 13.2. The van der Waals surface area contributed by atoms with Gasteiger partial charge in [0.2, 0.25) is 0 Å². The molecule has 1 aromatic heterocycles. The summed E-state index contributed by atoms with van der Waals surface area (Å²) in [5.41, 5.74) is 2.72. The van der Waals surface area contributed by atoms with Crippen LogP contribution >= 0.6 is 0 Å². The van der Waals surface area contributed by atoms with Gasteiger partial charge in [-0.05, 0) is 50.1 Å². The molecule has 7 heteroatoms. The van der Waals surface area contributed by atoms with Crippen molar-refractivity contribution >= 4 is 17.7 Å². The van der Waals surface area contributed by atoms with Crippen molar-refractivity contribution < 1.29 is 19.1 Å². The van der Waals surface area contributed by atoms with Crippen LogP contribution in [-0.2, 0) is 16.9 Å². The summed E-state index contributed by atoms with van der Waals surface area (Å²) in [7, 11) is 1.54. The number of hydrogen-bond acceptors (Lipinski definition) is 4. The van der Waals surface area contributed by atoms with Crippen molar-refractivity contribution in [1.29, 1.82) is 0 Å². The van der Waals surface area contributed by atoms with Crippen LogP contribution in [0.3, 0.4) is 0 Å². The maximum absolute atomic E-state index is 13.2. The number of Topliss-reactive ketones (excluding diaryl/α,β-unsaturated/α-hetero) is 1. The molecule has 0 saturated carbocycles. The standard InChI is InChI=1S/C26H27N3O4/c1-17-13-22(18(2)28(17)15-19-9-6-5-7-10-19)23(30)16-29-24(31)26(3,27-25(29)32)20-11-8-12-21(14-20)33-4/h5-14H,15-16H2,1-4H3,(H,27,32)/t26-/m0/s1. The predicted molar refractivity (Wildman–Crippen MR) is 124 cm³/mol. The minimum atomic E-state index is -1.27. The van der Waals surface area contributed by atoms with Crippen LogP contribution in [0.4, 0.5) is 4.79 Å². The lowest BCUT2D eigenvalue weighted by Crippen LogP contribution is -2.41. The number of hydrogen-bond donors (Lipinski definition) is 1. The number of carbonyl (C=O) groups is 3. The lowest BCUT2D eigenvalue weighted by atomic mass is 9.92. The Hall–Kier alpha value is -3.87. The molecule has 2 aromatic carbocycles. The molecule has 7 nitrogen and oxygen atoms in total. The molecule has 170 valence electrons. The molecule has 0 aliphatic carbocycles. The number of benzene rings is 2. The number of nitrogens with one attached hydrogen (secondary N) is 1. The molecule has 1 fully saturated rings. The maximum Gasteiger partial charge on any atom is 0.325 e. The van der Waals surface area contributed by atoms with Crippen LogP contribution in [-0.4, -0.2) is 40.8 Å². The minimum Gasteiger partial charge on any atom is -0.497 e. The van der Waals surface area contributed by atoms with Crippen molar-refractivity contribution in [2.45, 2.75) is 32.9 Å². The van der Waals surface area contributed by atoms with E-state index in [2.05, 4.69) is 9.88 Å². The molecular formula is C26H27N3O4. The number of ketones is 1. The van der Waals surface area contributed by atoms with E-state index in [1.54, 1.807) is 31.2 Å². The SMILES string of the molecule is COc1cccc([C@]2(C)NC(=O)N(CC(=O)c3cc(C)n(Cc4ccccc4)c3C)C2=O)c1. The molecule has 33 heavy (non-hydrogen) atoms. The number of aromatic nitrogens is 1. The molecule has 1 aliphatic rings. The Morgan fingerprint density at radius 2 is 1.76 bits per heavy atom. The normalized spacial score (nSPS) is 17.9. The van der Waals surface area contributed by atoms with Crippen molar-refractivity contribution in [3.8, 4) is 5.75 Å². The minimum absolute atomic E-state index is 0.277. The number of amides is 3. The largest absolute Gasteiger partial charge is 0.497 e. The van der Waals surface area contributed by atoms with E-state index in [-0.39, 0.29) is 12.3 Å². The number of imide groups is 1. The highest BCUT2D eigenvalue weighted by Gasteiger charge is 2.49. The molecule has 3 aromatic rings. The van der Waals surface area contributed by atoms with E-state index in [9.17, 15) is 14.4 Å². The number of carbonyl (C=O) groups excluding carboxylic acids is 3. The third kappa shape index (κ3) is 4.02. The first-order chi connectivity index (χ1) is 15.7. The summed E-state index contributed by atoms with van der Waals surface area (Å²) in [6.07, 6.45) is 0. The van der Waals surface area contributed by atoms with Crippen LogP contribution in [0.2, 0.25) is 0 Å². The first-order valence-electron chi connectivity index (χ1n) is 10.8. The van der Waals surface area contributed by atoms with Crippen molar-refractivity contribution in [3.05, 3.63) is 88.7 Å². The molecule has 1 atom stereocenters. The molecule has 0 bridgehead atoms. The van der Waals surface area contributed by atoms with Crippen molar-refractivity contribution in [3.63, 3.8) is 0 Å². The second kappa shape index (κ2) is 8.58. The average molecular weight is 446 g/mol. The number of aryl methyl sites for hydroxylation is 1. The predicted octanol–water partition coefficient (Wildman–Crippen LogP) is 3.81. The second-order valence-electron chi connectivity index (χ2n) is 8.46. The van der Waals surface area contributed by atoms with Crippen molar-refractivity contribution in [1.82, 2.24) is 14.8 Å². The Morgan fingerprint density at radius 3 is 2.45 bits per heavy atom. The molecule has 3 amide bonds. The van der Waals surface area contributed by atoms with Gasteiger partial charge in [0, 0.05) is 23.5 Å². The van der Waals surface area contributed by atoms with E-state index in [1.165, 1.54) is 7.11 Å². The van der Waals surface area contributed by atoms with Gasteiger partial charge in [-0.3, -0.25) is 14.5 Å². The van der Waals surface area contributed by atoms with Gasteiger partial charge in [-0.1, -0.05) is 42.5 Å². The number of methoxy groups -OCH3 is 1. The van der Waals surface area contributed by atoms with Gasteiger partial charge in [0.15, 0.2) is 5.78 Å². The van der Waals surface area contributed by atoms with E-state index in [1.807, 2.05) is 50.2 Å². The topological polar surface area (TPSA) is 80.6 Å². The number of nitrogens with zero attached hydrogens (tertiary/aromatic N) is 2. The third-order valence-electron chi connectivity index (χ3n) is 6.28. The summed E-state index contributed by atoms with van der Waals surface area (Å²) < 4.78 is 7.31. The van der Waals surface area contributed by atoms with E-state index >= 15 is 0 Å². The lowest BCUT2D eigenvalue weighted by molar-refractivity contribution is -0.130. The van der Waals surface area contributed by atoms with Crippen LogP contribution in [0.15, 0.2) is 60.7 Å². The first kappa shape index (κ1) is 22.3. The molecule has 0 radical (unpaired) electrons. The molecule has 2 heterocycles. The number of rotatable bonds is 7. The summed E-state index contributed by atoms with van der Waals surface area (Å²) in [4.78, 5) is 40.1. The molecule has 0 spiro atoms. The number of ether oxygens (including phenoxy) is 1. The van der Waals surface area contributed by atoms with Gasteiger partial charge in [0.1, 0.15) is 11.3 Å². The summed E-state index contributed by atoms with van der Waals surface area (Å²) in [5, 5.41) is 2.74. The summed E-state index contributed by atoms with van der Waals surface area (Å²) in [5.74, 6) is -0.163. The molecule has 4 rings (SSSR count). The van der Waals surface area contributed by atoms with E-state index < -0.39 is 17.5 Å². The van der Waals surface area contributed by atoms with Gasteiger partial charge >= 0.3 is 6.03 Å². The van der Waals surface area contributed by atoms with E-state index in [4.69, 9.17) is 4.74 Å². The number of urea groups is 1. The summed E-state index contributed by atoms with van der Waals surface area (Å²) in [6, 6.07) is 18.2. The molecule has 1 aliphatic heterocycles. The van der Waals surface area contributed by atoms with Crippen LogP contribution < -0.4 is 10.1 Å². The Bertz CT molecular complexity index is 1230. The smallest absolute Gasteiger partial charge is 0.325 e. The average Bonchev–Trinajstić information content (AvgIpc) is 3.22. The zero-order valence-corrected chi connectivity index (χ0v) is 19.2. The zero-order valence-electron chi connectivity index (χ0n) is 19.2. The molecule has 1 N–H and O–H groups in total. The van der Waals surface area contributed by atoms with Gasteiger partial charge in [-0.15, -0.1) is 0 Å². The summed E-state index contributed by atoms with van der Waals surface area (Å²) >= 11 is 0. The second-order valence-corrected chi connectivity index (χ2v) is 8.46. The third-order valence-corrected chi connectivity index (χ3v) is 6.28. The molecular weight excluding hydrogens is 418 g/mol. The fraction of sp³-hybridized carbons (Fsp3) is 0.269. The molecule has 1 saturated heterocycles. The van der Waals surface area contributed by atoms with Crippen molar-refractivity contribution in [2.75, 3.05) is 13.7 Å². The Balaban J connectivity index is 1.56. The first-order valence-corrected chi connectivity index (χ1v) is 10.8. The van der Waals surface area contributed by atoms with Crippen LogP contribution in [0, 0.1) is 13.8 Å². The van der Waals surface area contributed by atoms with Crippen LogP contribution in [0.1, 0.15) is 39.8 Å². The van der Waals surface area contributed by atoms with Crippen LogP contribution in [0.5, 0.6) is 5.75 Å². The van der Waals surface area contributed by atoms with Gasteiger partial charge in [-0.25, -0.2) is 4.79 Å².